The highest BCUT2D eigenvalue weighted by atomic mass is 19.1. The van der Waals surface area contributed by atoms with Crippen molar-refractivity contribution in [3.63, 3.8) is 0 Å². The molecule has 0 aromatic heterocycles. The van der Waals surface area contributed by atoms with Crippen molar-refractivity contribution < 1.29 is 23.0 Å². The van der Waals surface area contributed by atoms with Gasteiger partial charge in [0.25, 0.3) is 5.91 Å². The van der Waals surface area contributed by atoms with Gasteiger partial charge in [-0.3, -0.25) is 4.79 Å². The Balaban J connectivity index is 1.35. The summed E-state index contributed by atoms with van der Waals surface area (Å²) >= 11 is 0. The number of likely N-dealkylation sites (tertiary alicyclic amines) is 1. The third kappa shape index (κ3) is 4.29. The number of nitrogens with zero attached hydrogens (tertiary/aromatic N) is 1. The molecule has 0 unspecified atom stereocenters. The zero-order valence-electron chi connectivity index (χ0n) is 13.0. The van der Waals surface area contributed by atoms with Crippen LogP contribution in [0.4, 0.5) is 8.78 Å². The molecule has 2 aromatic rings. The van der Waals surface area contributed by atoms with E-state index in [0.29, 0.717) is 25.4 Å². The number of amides is 1. The minimum absolute atomic E-state index is 0.0233. The molecule has 24 heavy (non-hydrogen) atoms. The van der Waals surface area contributed by atoms with Crippen LogP contribution in [0, 0.1) is 11.6 Å². The lowest BCUT2D eigenvalue weighted by Gasteiger charge is -2.38. The molecule has 1 heterocycles. The monoisotopic (exact) mass is 333 g/mol. The van der Waals surface area contributed by atoms with Gasteiger partial charge in [-0.15, -0.1) is 0 Å². The highest BCUT2D eigenvalue weighted by molar-refractivity contribution is 5.78. The van der Waals surface area contributed by atoms with Crippen LogP contribution in [0.15, 0.2) is 48.5 Å². The van der Waals surface area contributed by atoms with E-state index >= 15 is 0 Å². The van der Waals surface area contributed by atoms with Gasteiger partial charge in [0.2, 0.25) is 0 Å². The van der Waals surface area contributed by atoms with Crippen molar-refractivity contribution in [1.82, 2.24) is 4.90 Å². The number of benzene rings is 2. The topological polar surface area (TPSA) is 38.8 Å². The number of rotatable bonds is 6. The molecule has 0 radical (unpaired) electrons. The molecule has 1 fully saturated rings. The van der Waals surface area contributed by atoms with Crippen LogP contribution in [0.3, 0.4) is 0 Å². The van der Waals surface area contributed by atoms with Crippen LogP contribution in [-0.4, -0.2) is 36.6 Å². The summed E-state index contributed by atoms with van der Waals surface area (Å²) in [5.41, 5.74) is 0.890. The number of hydrogen-bond donors (Lipinski definition) is 0. The van der Waals surface area contributed by atoms with Gasteiger partial charge in [0, 0.05) is 13.1 Å². The van der Waals surface area contributed by atoms with E-state index in [1.165, 1.54) is 36.4 Å². The van der Waals surface area contributed by atoms with E-state index in [4.69, 9.17) is 9.47 Å². The summed E-state index contributed by atoms with van der Waals surface area (Å²) in [5, 5.41) is 0. The first kappa shape index (κ1) is 16.4. The van der Waals surface area contributed by atoms with Gasteiger partial charge in [-0.05, 0) is 42.0 Å². The number of hydrogen-bond acceptors (Lipinski definition) is 3. The molecule has 6 heteroatoms. The number of ether oxygens (including phenoxy) is 2. The number of halogens is 2. The van der Waals surface area contributed by atoms with Crippen LogP contribution in [0.1, 0.15) is 5.56 Å². The molecule has 0 saturated carbocycles. The Morgan fingerprint density at radius 2 is 1.58 bits per heavy atom. The second-order valence-electron chi connectivity index (χ2n) is 5.60. The maximum Gasteiger partial charge on any atom is 0.260 e. The van der Waals surface area contributed by atoms with Gasteiger partial charge in [0.15, 0.2) is 6.61 Å². The van der Waals surface area contributed by atoms with Crippen molar-refractivity contribution in [3.8, 4) is 5.75 Å². The summed E-state index contributed by atoms with van der Waals surface area (Å²) in [5.74, 6) is -0.312. The average molecular weight is 333 g/mol. The molecule has 4 nitrogen and oxygen atoms in total. The molecule has 0 N–H and O–H groups in total. The summed E-state index contributed by atoms with van der Waals surface area (Å²) in [4.78, 5) is 13.6. The molecule has 1 aliphatic heterocycles. The van der Waals surface area contributed by atoms with Crippen molar-refractivity contribution in [2.75, 3.05) is 19.7 Å². The molecule has 1 saturated heterocycles. The molecular weight excluding hydrogens is 316 g/mol. The van der Waals surface area contributed by atoms with Crippen molar-refractivity contribution in [3.05, 3.63) is 65.7 Å². The fourth-order valence-electron chi connectivity index (χ4n) is 2.31. The third-order valence-corrected chi connectivity index (χ3v) is 3.78. The van der Waals surface area contributed by atoms with E-state index in [9.17, 15) is 13.6 Å². The quantitative estimate of drug-likeness (QED) is 0.816. The maximum absolute atomic E-state index is 12.8. The summed E-state index contributed by atoms with van der Waals surface area (Å²) in [6, 6.07) is 11.7. The largest absolute Gasteiger partial charge is 0.484 e. The minimum atomic E-state index is -0.349. The normalized spacial score (nSPS) is 14.3. The van der Waals surface area contributed by atoms with Gasteiger partial charge in [-0.1, -0.05) is 12.1 Å². The highest BCUT2D eigenvalue weighted by Gasteiger charge is 2.31. The SMILES string of the molecule is O=C(COc1ccc(F)cc1)N1CC(OCc2ccc(F)cc2)C1. The Hall–Kier alpha value is -2.47. The Kier molecular flexibility index (Phi) is 5.05. The van der Waals surface area contributed by atoms with Crippen molar-refractivity contribution in [2.24, 2.45) is 0 Å². The maximum atomic E-state index is 12.8. The summed E-state index contributed by atoms with van der Waals surface area (Å²) in [7, 11) is 0. The smallest absolute Gasteiger partial charge is 0.260 e. The Morgan fingerprint density at radius 3 is 2.21 bits per heavy atom. The predicted octanol–water partition coefficient (Wildman–Crippen LogP) is 2.77. The second-order valence-corrected chi connectivity index (χ2v) is 5.60. The first-order valence-electron chi connectivity index (χ1n) is 7.62. The minimum Gasteiger partial charge on any atom is -0.484 e. The van der Waals surface area contributed by atoms with Crippen LogP contribution in [0.25, 0.3) is 0 Å². The van der Waals surface area contributed by atoms with Gasteiger partial charge in [0.05, 0.1) is 12.7 Å². The molecule has 1 aliphatic rings. The van der Waals surface area contributed by atoms with Gasteiger partial charge >= 0.3 is 0 Å². The Labute approximate surface area is 138 Å². The van der Waals surface area contributed by atoms with E-state index in [1.807, 2.05) is 0 Å². The highest BCUT2D eigenvalue weighted by Crippen LogP contribution is 2.16. The lowest BCUT2D eigenvalue weighted by atomic mass is 10.1. The van der Waals surface area contributed by atoms with Crippen LogP contribution in [0.5, 0.6) is 5.75 Å². The van der Waals surface area contributed by atoms with Gasteiger partial charge in [-0.25, -0.2) is 8.78 Å². The molecule has 3 rings (SSSR count). The Bertz CT molecular complexity index is 682. The van der Waals surface area contributed by atoms with Crippen molar-refractivity contribution in [1.29, 1.82) is 0 Å². The zero-order valence-corrected chi connectivity index (χ0v) is 13.0. The molecule has 1 amide bonds. The molecule has 0 spiro atoms. The molecule has 126 valence electrons. The summed E-state index contributed by atoms with van der Waals surface area (Å²) < 4.78 is 36.6. The molecule has 0 aliphatic carbocycles. The van der Waals surface area contributed by atoms with Gasteiger partial charge in [-0.2, -0.15) is 0 Å². The predicted molar refractivity (Wildman–Crippen MR) is 83.5 cm³/mol. The van der Waals surface area contributed by atoms with Crippen molar-refractivity contribution >= 4 is 5.91 Å². The standard InChI is InChI=1S/C18H17F2NO3/c19-14-3-1-13(2-4-14)11-23-17-9-21(10-17)18(22)12-24-16-7-5-15(20)6-8-16/h1-8,17H,9-12H2. The van der Waals surface area contributed by atoms with Gasteiger partial charge in [0.1, 0.15) is 17.4 Å². The van der Waals surface area contributed by atoms with Crippen LogP contribution >= 0.6 is 0 Å². The van der Waals surface area contributed by atoms with Crippen molar-refractivity contribution in [2.45, 2.75) is 12.7 Å². The first-order valence-corrected chi connectivity index (χ1v) is 7.62. The molecule has 2 aromatic carbocycles. The zero-order chi connectivity index (χ0) is 16.9. The average Bonchev–Trinajstić information content (AvgIpc) is 2.54. The Morgan fingerprint density at radius 1 is 1.00 bits per heavy atom. The molecule has 0 atom stereocenters. The van der Waals surface area contributed by atoms with E-state index in [-0.39, 0.29) is 30.3 Å². The molecular formula is C18H17F2NO3. The lowest BCUT2D eigenvalue weighted by molar-refractivity contribution is -0.148. The van der Waals surface area contributed by atoms with E-state index in [2.05, 4.69) is 0 Å². The number of carbonyl (C=O) groups is 1. The fourth-order valence-corrected chi connectivity index (χ4v) is 2.31. The van der Waals surface area contributed by atoms with E-state index in [1.54, 1.807) is 17.0 Å². The fraction of sp³-hybridized carbons (Fsp3) is 0.278. The first-order chi connectivity index (χ1) is 11.6. The van der Waals surface area contributed by atoms with Crippen LogP contribution < -0.4 is 4.74 Å². The lowest BCUT2D eigenvalue weighted by Crippen LogP contribution is -2.55. The third-order valence-electron chi connectivity index (χ3n) is 3.78. The summed E-state index contributed by atoms with van der Waals surface area (Å²) in [6.45, 7) is 1.31. The van der Waals surface area contributed by atoms with E-state index < -0.39 is 0 Å². The molecule has 0 bridgehead atoms. The van der Waals surface area contributed by atoms with Crippen LogP contribution in [-0.2, 0) is 16.1 Å². The van der Waals surface area contributed by atoms with E-state index in [0.717, 1.165) is 5.56 Å². The number of carbonyl (C=O) groups excluding carboxylic acids is 1. The van der Waals surface area contributed by atoms with Crippen LogP contribution in [0.2, 0.25) is 0 Å². The summed E-state index contributed by atoms with van der Waals surface area (Å²) in [6.07, 6.45) is -0.0233. The van der Waals surface area contributed by atoms with Gasteiger partial charge < -0.3 is 14.4 Å². The second kappa shape index (κ2) is 7.40.